The summed E-state index contributed by atoms with van der Waals surface area (Å²) in [6.45, 7) is 0. The van der Waals surface area contributed by atoms with E-state index in [0.29, 0.717) is 10.6 Å². The minimum absolute atomic E-state index is 0.512. The van der Waals surface area contributed by atoms with Gasteiger partial charge in [0.25, 0.3) is 0 Å². The molecule has 2 heterocycles. The number of halogens is 2. The summed E-state index contributed by atoms with van der Waals surface area (Å²) in [6.07, 6.45) is 4.56. The minimum Gasteiger partial charge on any atom is -0.263 e. The zero-order chi connectivity index (χ0) is 9.97. The van der Waals surface area contributed by atoms with Crippen molar-refractivity contribution >= 4 is 11.6 Å². The van der Waals surface area contributed by atoms with Gasteiger partial charge in [0, 0.05) is 30.2 Å². The van der Waals surface area contributed by atoms with Crippen LogP contribution in [0.2, 0.25) is 5.02 Å². The topological polar surface area (TPSA) is 25.8 Å². The molecule has 0 radical (unpaired) electrons. The second kappa shape index (κ2) is 3.72. The lowest BCUT2D eigenvalue weighted by Gasteiger charge is -2.00. The predicted octanol–water partition coefficient (Wildman–Crippen LogP) is 2.94. The Labute approximate surface area is 85.4 Å². The van der Waals surface area contributed by atoms with E-state index in [0.717, 1.165) is 5.56 Å². The lowest BCUT2D eigenvalue weighted by Crippen LogP contribution is -1.84. The SMILES string of the molecule is Fc1cc(-c2cncc(Cl)c2)ccn1. The van der Waals surface area contributed by atoms with E-state index in [1.54, 1.807) is 18.3 Å². The standard InChI is InChI=1S/C10H6ClFN2/c11-9-3-8(5-13-6-9)7-1-2-14-10(12)4-7/h1-6H. The molecule has 2 rings (SSSR count). The van der Waals surface area contributed by atoms with E-state index in [1.807, 2.05) is 0 Å². The predicted molar refractivity (Wildman–Crippen MR) is 52.4 cm³/mol. The Morgan fingerprint density at radius 1 is 1.14 bits per heavy atom. The molecule has 0 aliphatic carbocycles. The second-order valence-corrected chi connectivity index (χ2v) is 3.20. The molecule has 70 valence electrons. The van der Waals surface area contributed by atoms with Gasteiger partial charge in [0.15, 0.2) is 0 Å². The van der Waals surface area contributed by atoms with Crippen molar-refractivity contribution in [2.24, 2.45) is 0 Å². The van der Waals surface area contributed by atoms with Gasteiger partial charge in [-0.3, -0.25) is 4.98 Å². The van der Waals surface area contributed by atoms with Gasteiger partial charge in [-0.1, -0.05) is 11.6 Å². The molecule has 0 fully saturated rings. The van der Waals surface area contributed by atoms with Gasteiger partial charge in [-0.05, 0) is 17.7 Å². The molecule has 0 atom stereocenters. The summed E-state index contributed by atoms with van der Waals surface area (Å²) in [6, 6.07) is 4.77. The van der Waals surface area contributed by atoms with Crippen LogP contribution in [0, 0.1) is 5.95 Å². The van der Waals surface area contributed by atoms with Crippen LogP contribution in [0.15, 0.2) is 36.8 Å². The Balaban J connectivity index is 2.49. The monoisotopic (exact) mass is 208 g/mol. The average molecular weight is 209 g/mol. The smallest absolute Gasteiger partial charge is 0.213 e. The van der Waals surface area contributed by atoms with Gasteiger partial charge in [-0.25, -0.2) is 4.98 Å². The molecule has 0 saturated carbocycles. The highest BCUT2D eigenvalue weighted by Gasteiger charge is 2.00. The molecule has 0 aliphatic rings. The summed E-state index contributed by atoms with van der Waals surface area (Å²) in [5, 5.41) is 0.528. The van der Waals surface area contributed by atoms with Crippen molar-refractivity contribution in [3.8, 4) is 11.1 Å². The molecule has 14 heavy (non-hydrogen) atoms. The van der Waals surface area contributed by atoms with Gasteiger partial charge in [0.2, 0.25) is 5.95 Å². The lowest BCUT2D eigenvalue weighted by molar-refractivity contribution is 0.584. The molecule has 2 aromatic rings. The molecule has 0 aliphatic heterocycles. The van der Waals surface area contributed by atoms with E-state index in [2.05, 4.69) is 9.97 Å². The van der Waals surface area contributed by atoms with Gasteiger partial charge in [0.1, 0.15) is 0 Å². The average Bonchev–Trinajstić information content (AvgIpc) is 2.18. The number of pyridine rings is 2. The molecule has 4 heteroatoms. The van der Waals surface area contributed by atoms with Gasteiger partial charge in [-0.2, -0.15) is 4.39 Å². The highest BCUT2D eigenvalue weighted by atomic mass is 35.5. The fraction of sp³-hybridized carbons (Fsp3) is 0. The van der Waals surface area contributed by atoms with Crippen LogP contribution in [0.1, 0.15) is 0 Å². The second-order valence-electron chi connectivity index (χ2n) is 2.76. The number of hydrogen-bond donors (Lipinski definition) is 0. The van der Waals surface area contributed by atoms with Crippen molar-refractivity contribution in [1.29, 1.82) is 0 Å². The van der Waals surface area contributed by atoms with Crippen LogP contribution in [-0.4, -0.2) is 9.97 Å². The summed E-state index contributed by atoms with van der Waals surface area (Å²) >= 11 is 5.76. The molecule has 0 saturated heterocycles. The third kappa shape index (κ3) is 1.88. The maximum Gasteiger partial charge on any atom is 0.213 e. The van der Waals surface area contributed by atoms with Crippen molar-refractivity contribution in [1.82, 2.24) is 9.97 Å². The molecule has 0 spiro atoms. The van der Waals surface area contributed by atoms with Crippen LogP contribution >= 0.6 is 11.6 Å². The van der Waals surface area contributed by atoms with Crippen LogP contribution in [0.3, 0.4) is 0 Å². The van der Waals surface area contributed by atoms with Gasteiger partial charge in [0.05, 0.1) is 5.02 Å². The molecule has 0 unspecified atom stereocenters. The first kappa shape index (κ1) is 9.09. The summed E-state index contributed by atoms with van der Waals surface area (Å²) in [4.78, 5) is 7.38. The maximum atomic E-state index is 12.8. The van der Waals surface area contributed by atoms with Gasteiger partial charge >= 0.3 is 0 Å². The van der Waals surface area contributed by atoms with Crippen LogP contribution in [0.4, 0.5) is 4.39 Å². The van der Waals surface area contributed by atoms with E-state index in [1.165, 1.54) is 18.5 Å². The Morgan fingerprint density at radius 2 is 2.00 bits per heavy atom. The van der Waals surface area contributed by atoms with Crippen molar-refractivity contribution in [3.63, 3.8) is 0 Å². The van der Waals surface area contributed by atoms with Crippen LogP contribution in [0.5, 0.6) is 0 Å². The largest absolute Gasteiger partial charge is 0.263 e. The first-order valence-electron chi connectivity index (χ1n) is 3.98. The highest BCUT2D eigenvalue weighted by molar-refractivity contribution is 6.30. The molecular weight excluding hydrogens is 203 g/mol. The van der Waals surface area contributed by atoms with Crippen molar-refractivity contribution < 1.29 is 4.39 Å². The fourth-order valence-corrected chi connectivity index (χ4v) is 1.33. The first-order valence-corrected chi connectivity index (χ1v) is 4.36. The Bertz CT molecular complexity index is 416. The van der Waals surface area contributed by atoms with Crippen molar-refractivity contribution in [2.75, 3.05) is 0 Å². The number of nitrogens with zero attached hydrogens (tertiary/aromatic N) is 2. The Morgan fingerprint density at radius 3 is 2.71 bits per heavy atom. The number of hydrogen-bond acceptors (Lipinski definition) is 2. The van der Waals surface area contributed by atoms with E-state index in [-0.39, 0.29) is 0 Å². The normalized spacial score (nSPS) is 10.1. The van der Waals surface area contributed by atoms with E-state index < -0.39 is 5.95 Å². The van der Waals surface area contributed by atoms with Crippen molar-refractivity contribution in [3.05, 3.63) is 47.8 Å². The summed E-state index contributed by atoms with van der Waals surface area (Å²) < 4.78 is 12.8. The fourth-order valence-electron chi connectivity index (χ4n) is 1.15. The summed E-state index contributed by atoms with van der Waals surface area (Å²) in [5.41, 5.74) is 1.49. The molecule has 0 amide bonds. The number of aromatic nitrogens is 2. The zero-order valence-corrected chi connectivity index (χ0v) is 7.87. The molecule has 2 nitrogen and oxygen atoms in total. The minimum atomic E-state index is -0.512. The summed E-state index contributed by atoms with van der Waals surface area (Å²) in [7, 11) is 0. The van der Waals surface area contributed by atoms with E-state index in [9.17, 15) is 4.39 Å². The molecular formula is C10H6ClFN2. The maximum absolute atomic E-state index is 12.8. The molecule has 0 bridgehead atoms. The first-order chi connectivity index (χ1) is 6.75. The molecule has 0 N–H and O–H groups in total. The van der Waals surface area contributed by atoms with Crippen LogP contribution < -0.4 is 0 Å². The van der Waals surface area contributed by atoms with Crippen LogP contribution in [-0.2, 0) is 0 Å². The Kier molecular flexibility index (Phi) is 2.41. The van der Waals surface area contributed by atoms with E-state index in [4.69, 9.17) is 11.6 Å². The highest BCUT2D eigenvalue weighted by Crippen LogP contribution is 2.20. The van der Waals surface area contributed by atoms with E-state index >= 15 is 0 Å². The lowest BCUT2D eigenvalue weighted by atomic mass is 10.1. The van der Waals surface area contributed by atoms with Gasteiger partial charge < -0.3 is 0 Å². The summed E-state index contributed by atoms with van der Waals surface area (Å²) in [5.74, 6) is -0.512. The van der Waals surface area contributed by atoms with Gasteiger partial charge in [-0.15, -0.1) is 0 Å². The van der Waals surface area contributed by atoms with Crippen LogP contribution in [0.25, 0.3) is 11.1 Å². The molecule has 2 aromatic heterocycles. The quantitative estimate of drug-likeness (QED) is 0.674. The molecule has 0 aromatic carbocycles. The number of rotatable bonds is 1. The third-order valence-corrected chi connectivity index (χ3v) is 1.97. The third-order valence-electron chi connectivity index (χ3n) is 1.76. The Hall–Kier alpha value is -1.48. The zero-order valence-electron chi connectivity index (χ0n) is 7.11. The van der Waals surface area contributed by atoms with Crippen molar-refractivity contribution in [2.45, 2.75) is 0 Å².